The molecule has 0 fully saturated rings. The van der Waals surface area contributed by atoms with Gasteiger partial charge in [0, 0.05) is 6.54 Å². The Bertz CT molecular complexity index is 672. The summed E-state index contributed by atoms with van der Waals surface area (Å²) in [5.41, 5.74) is -0.340. The lowest BCUT2D eigenvalue weighted by atomic mass is 10.0. The molecule has 1 atom stereocenters. The van der Waals surface area contributed by atoms with Crippen molar-refractivity contribution in [3.8, 4) is 5.88 Å². The van der Waals surface area contributed by atoms with Crippen molar-refractivity contribution >= 4 is 0 Å². The van der Waals surface area contributed by atoms with E-state index in [4.69, 9.17) is 0 Å². The second kappa shape index (κ2) is 8.15. The van der Waals surface area contributed by atoms with E-state index in [1.165, 1.54) is 0 Å². The molecule has 0 aliphatic heterocycles. The normalized spacial score (nSPS) is 15.7. The number of aliphatic hydroxyl groups excluding tert-OH is 1. The van der Waals surface area contributed by atoms with E-state index in [1.807, 2.05) is 0 Å². The number of H-pyrrole nitrogens is 1. The van der Waals surface area contributed by atoms with Gasteiger partial charge in [-0.2, -0.15) is 0 Å². The van der Waals surface area contributed by atoms with Gasteiger partial charge in [-0.1, -0.05) is 37.8 Å². The van der Waals surface area contributed by atoms with Crippen molar-refractivity contribution in [2.75, 3.05) is 0 Å². The van der Waals surface area contributed by atoms with Crippen molar-refractivity contribution in [3.63, 3.8) is 0 Å². The van der Waals surface area contributed by atoms with Gasteiger partial charge in [0.2, 0.25) is 5.88 Å². The van der Waals surface area contributed by atoms with E-state index in [-0.39, 0.29) is 5.56 Å². The summed E-state index contributed by atoms with van der Waals surface area (Å²) in [6.45, 7) is 2.43. The molecular formula is C17H26N2O4. The van der Waals surface area contributed by atoms with Crippen LogP contribution in [0.2, 0.25) is 0 Å². The van der Waals surface area contributed by atoms with Gasteiger partial charge in [-0.05, 0) is 32.1 Å². The van der Waals surface area contributed by atoms with Crippen LogP contribution >= 0.6 is 0 Å². The third-order valence-corrected chi connectivity index (χ3v) is 4.37. The van der Waals surface area contributed by atoms with Gasteiger partial charge >= 0.3 is 5.69 Å². The van der Waals surface area contributed by atoms with Gasteiger partial charge in [0.1, 0.15) is 5.56 Å². The molecule has 0 bridgehead atoms. The third-order valence-electron chi connectivity index (χ3n) is 4.37. The number of hydrogen-bond acceptors (Lipinski definition) is 4. The average Bonchev–Trinajstić information content (AvgIpc) is 2.98. The molecule has 2 rings (SSSR count). The molecule has 128 valence electrons. The lowest BCUT2D eigenvalue weighted by molar-refractivity contribution is 0.168. The highest BCUT2D eigenvalue weighted by Gasteiger charge is 2.22. The molecule has 1 heterocycles. The van der Waals surface area contributed by atoms with Crippen LogP contribution in [0.4, 0.5) is 0 Å². The van der Waals surface area contributed by atoms with Gasteiger partial charge in [-0.3, -0.25) is 14.3 Å². The van der Waals surface area contributed by atoms with Crippen molar-refractivity contribution in [2.45, 2.75) is 70.9 Å². The zero-order chi connectivity index (χ0) is 16.8. The largest absolute Gasteiger partial charge is 0.494 e. The Kier molecular flexibility index (Phi) is 6.21. The maximum Gasteiger partial charge on any atom is 0.331 e. The number of aliphatic hydroxyl groups is 1. The molecule has 0 saturated heterocycles. The van der Waals surface area contributed by atoms with Gasteiger partial charge in [-0.15, -0.1) is 0 Å². The Morgan fingerprint density at radius 2 is 2.09 bits per heavy atom. The maximum absolute atomic E-state index is 12.0. The molecule has 0 amide bonds. The quantitative estimate of drug-likeness (QED) is 0.506. The van der Waals surface area contributed by atoms with Gasteiger partial charge in [0.05, 0.1) is 6.10 Å². The monoisotopic (exact) mass is 322 g/mol. The van der Waals surface area contributed by atoms with Crippen LogP contribution < -0.4 is 11.2 Å². The van der Waals surface area contributed by atoms with E-state index in [0.717, 1.165) is 55.1 Å². The molecule has 1 aliphatic rings. The van der Waals surface area contributed by atoms with Crippen LogP contribution in [-0.4, -0.2) is 19.8 Å². The zero-order valence-corrected chi connectivity index (χ0v) is 13.7. The molecule has 1 aliphatic carbocycles. The number of aromatic hydroxyl groups is 1. The number of aromatic amines is 1. The molecule has 0 spiro atoms. The summed E-state index contributed by atoms with van der Waals surface area (Å²) in [4.78, 5) is 26.1. The fraction of sp³-hybridized carbons (Fsp3) is 0.647. The number of nitrogens with zero attached hydrogens (tertiary/aromatic N) is 1. The van der Waals surface area contributed by atoms with E-state index in [9.17, 15) is 19.8 Å². The highest BCUT2D eigenvalue weighted by atomic mass is 16.3. The molecule has 1 aromatic rings. The summed E-state index contributed by atoms with van der Waals surface area (Å²) in [6.07, 6.45) is 8.08. The van der Waals surface area contributed by atoms with Crippen LogP contribution in [0.3, 0.4) is 0 Å². The minimum Gasteiger partial charge on any atom is -0.494 e. The molecule has 6 nitrogen and oxygen atoms in total. The molecular weight excluding hydrogens is 296 g/mol. The number of unbranched alkanes of at least 4 members (excludes halogenated alkanes) is 3. The Morgan fingerprint density at radius 3 is 2.74 bits per heavy atom. The molecule has 1 aromatic heterocycles. The van der Waals surface area contributed by atoms with Crippen molar-refractivity contribution in [2.24, 2.45) is 0 Å². The number of nitrogens with one attached hydrogen (secondary N) is 1. The summed E-state index contributed by atoms with van der Waals surface area (Å²) in [5, 5.41) is 20.6. The zero-order valence-electron chi connectivity index (χ0n) is 13.7. The fourth-order valence-corrected chi connectivity index (χ4v) is 3.05. The van der Waals surface area contributed by atoms with Crippen molar-refractivity contribution < 1.29 is 10.2 Å². The SMILES string of the molecule is CCCCCCn1c(O)c(C(O)CC2=CCCC2)c(=O)[nH]c1=O. The van der Waals surface area contributed by atoms with E-state index in [1.54, 1.807) is 0 Å². The molecule has 3 N–H and O–H groups in total. The maximum atomic E-state index is 12.0. The lowest BCUT2D eigenvalue weighted by Crippen LogP contribution is -2.33. The number of rotatable bonds is 8. The average molecular weight is 322 g/mol. The fourth-order valence-electron chi connectivity index (χ4n) is 3.05. The highest BCUT2D eigenvalue weighted by molar-refractivity contribution is 5.27. The summed E-state index contributed by atoms with van der Waals surface area (Å²) >= 11 is 0. The Morgan fingerprint density at radius 1 is 1.30 bits per heavy atom. The first-order valence-corrected chi connectivity index (χ1v) is 8.46. The van der Waals surface area contributed by atoms with Crippen molar-refractivity contribution in [3.05, 3.63) is 38.1 Å². The van der Waals surface area contributed by atoms with Crippen LogP contribution in [0, 0.1) is 0 Å². The van der Waals surface area contributed by atoms with Gasteiger partial charge in [-0.25, -0.2) is 4.79 Å². The van der Waals surface area contributed by atoms with Crippen molar-refractivity contribution in [1.82, 2.24) is 9.55 Å². The predicted octanol–water partition coefficient (Wildman–Crippen LogP) is 2.36. The first kappa shape index (κ1) is 17.5. The summed E-state index contributed by atoms with van der Waals surface area (Å²) < 4.78 is 1.15. The van der Waals surface area contributed by atoms with E-state index in [2.05, 4.69) is 18.0 Å². The van der Waals surface area contributed by atoms with Crippen LogP contribution in [0.5, 0.6) is 5.88 Å². The molecule has 23 heavy (non-hydrogen) atoms. The van der Waals surface area contributed by atoms with Crippen LogP contribution in [-0.2, 0) is 6.54 Å². The van der Waals surface area contributed by atoms with Crippen LogP contribution in [0.25, 0.3) is 0 Å². The van der Waals surface area contributed by atoms with E-state index in [0.29, 0.717) is 13.0 Å². The van der Waals surface area contributed by atoms with E-state index >= 15 is 0 Å². The van der Waals surface area contributed by atoms with E-state index < -0.39 is 23.2 Å². The Balaban J connectivity index is 2.21. The summed E-state index contributed by atoms with van der Waals surface area (Å²) in [7, 11) is 0. The minimum absolute atomic E-state index is 0.104. The molecule has 0 saturated carbocycles. The summed E-state index contributed by atoms with van der Waals surface area (Å²) in [6, 6.07) is 0. The second-order valence-corrected chi connectivity index (χ2v) is 6.18. The minimum atomic E-state index is -1.09. The number of hydrogen-bond donors (Lipinski definition) is 3. The lowest BCUT2D eigenvalue weighted by Gasteiger charge is -2.15. The highest BCUT2D eigenvalue weighted by Crippen LogP contribution is 2.29. The molecule has 1 unspecified atom stereocenters. The first-order chi connectivity index (χ1) is 11.0. The second-order valence-electron chi connectivity index (χ2n) is 6.18. The molecule has 0 aromatic carbocycles. The standard InChI is InChI=1S/C17H26N2O4/c1-2-3-4-7-10-19-16(22)14(15(21)18-17(19)23)13(20)11-12-8-5-6-9-12/h8,13,20,22H,2-7,9-11H2,1H3,(H,18,21,23). The van der Waals surface area contributed by atoms with Crippen LogP contribution in [0.1, 0.15) is 70.0 Å². The smallest absolute Gasteiger partial charge is 0.331 e. The van der Waals surface area contributed by atoms with Crippen molar-refractivity contribution in [1.29, 1.82) is 0 Å². The predicted molar refractivity (Wildman–Crippen MR) is 88.6 cm³/mol. The van der Waals surface area contributed by atoms with Gasteiger partial charge < -0.3 is 10.2 Å². The Hall–Kier alpha value is -1.82. The van der Waals surface area contributed by atoms with Gasteiger partial charge in [0.25, 0.3) is 5.56 Å². The first-order valence-electron chi connectivity index (χ1n) is 8.46. The molecule has 6 heteroatoms. The molecule has 0 radical (unpaired) electrons. The van der Waals surface area contributed by atoms with Gasteiger partial charge in [0.15, 0.2) is 0 Å². The number of allylic oxidation sites excluding steroid dienone is 1. The summed E-state index contributed by atoms with van der Waals surface area (Å²) in [5.74, 6) is -0.402. The Labute approximate surface area is 135 Å². The third kappa shape index (κ3) is 4.34. The topological polar surface area (TPSA) is 95.3 Å². The number of aromatic nitrogens is 2. The van der Waals surface area contributed by atoms with Crippen LogP contribution in [0.15, 0.2) is 21.2 Å².